The van der Waals surface area contributed by atoms with Crippen molar-refractivity contribution < 1.29 is 4.79 Å². The van der Waals surface area contributed by atoms with Crippen molar-refractivity contribution in [1.29, 1.82) is 0 Å². The third-order valence-corrected chi connectivity index (χ3v) is 5.02. The first-order chi connectivity index (χ1) is 13.0. The molecule has 27 heavy (non-hydrogen) atoms. The van der Waals surface area contributed by atoms with E-state index in [1.807, 2.05) is 31.2 Å². The monoisotopic (exact) mass is 380 g/mol. The average molecular weight is 381 g/mol. The number of rotatable bonds is 3. The number of aryl methyl sites for hydroxylation is 2. The Morgan fingerprint density at radius 2 is 1.96 bits per heavy atom. The predicted molar refractivity (Wildman–Crippen MR) is 105 cm³/mol. The molecule has 0 spiro atoms. The minimum atomic E-state index is -0.291. The number of hydrogen-bond acceptors (Lipinski definition) is 3. The van der Waals surface area contributed by atoms with Gasteiger partial charge in [-0.2, -0.15) is 0 Å². The number of nitrogens with zero attached hydrogens (tertiary/aromatic N) is 3. The fraction of sp³-hybridized carbons (Fsp3) is 0.150. The Hall–Kier alpha value is -3.12. The van der Waals surface area contributed by atoms with E-state index in [0.717, 1.165) is 11.1 Å². The van der Waals surface area contributed by atoms with Gasteiger partial charge in [-0.3, -0.25) is 14.0 Å². The number of amides is 1. The van der Waals surface area contributed by atoms with E-state index in [9.17, 15) is 9.59 Å². The number of benzene rings is 1. The molecule has 0 unspecified atom stereocenters. The van der Waals surface area contributed by atoms with Crippen LogP contribution in [0.25, 0.3) is 16.7 Å². The van der Waals surface area contributed by atoms with Crippen LogP contribution in [0.1, 0.15) is 21.6 Å². The van der Waals surface area contributed by atoms with Crippen LogP contribution in [-0.4, -0.2) is 19.9 Å². The van der Waals surface area contributed by atoms with Gasteiger partial charge in [0.15, 0.2) is 0 Å². The van der Waals surface area contributed by atoms with Gasteiger partial charge in [-0.25, -0.2) is 4.98 Å². The van der Waals surface area contributed by atoms with Crippen molar-refractivity contribution in [3.8, 4) is 0 Å². The SMILES string of the molecule is Cc1cccn2c(=O)c3cc(C(=O)NCc4ccccc4Cl)n(C)c3nc12. The van der Waals surface area contributed by atoms with E-state index < -0.39 is 0 Å². The molecule has 4 rings (SSSR count). The van der Waals surface area contributed by atoms with Crippen LogP contribution in [-0.2, 0) is 13.6 Å². The Balaban J connectivity index is 1.75. The Morgan fingerprint density at radius 1 is 1.19 bits per heavy atom. The van der Waals surface area contributed by atoms with Gasteiger partial charge in [0.2, 0.25) is 0 Å². The number of fused-ring (bicyclic) bond motifs is 2. The topological polar surface area (TPSA) is 68.4 Å². The van der Waals surface area contributed by atoms with Crippen LogP contribution in [0.5, 0.6) is 0 Å². The standard InChI is InChI=1S/C20H17ClN4O2/c1-12-6-5-9-25-17(12)23-18-14(20(25)27)10-16(24(18)2)19(26)22-11-13-7-3-4-8-15(13)21/h3-10H,11H2,1-2H3,(H,22,26). The van der Waals surface area contributed by atoms with E-state index in [4.69, 9.17) is 11.6 Å². The molecule has 136 valence electrons. The Bertz CT molecular complexity index is 1260. The Morgan fingerprint density at radius 3 is 2.74 bits per heavy atom. The minimum absolute atomic E-state index is 0.195. The largest absolute Gasteiger partial charge is 0.347 e. The number of carbonyl (C=O) groups excluding carboxylic acids is 1. The highest BCUT2D eigenvalue weighted by Crippen LogP contribution is 2.17. The van der Waals surface area contributed by atoms with Gasteiger partial charge in [0, 0.05) is 24.8 Å². The van der Waals surface area contributed by atoms with Crippen LogP contribution in [0.4, 0.5) is 0 Å². The van der Waals surface area contributed by atoms with E-state index >= 15 is 0 Å². The van der Waals surface area contributed by atoms with Crippen molar-refractivity contribution in [3.63, 3.8) is 0 Å². The first kappa shape index (κ1) is 17.3. The van der Waals surface area contributed by atoms with E-state index in [1.165, 1.54) is 4.40 Å². The highest BCUT2D eigenvalue weighted by atomic mass is 35.5. The summed E-state index contributed by atoms with van der Waals surface area (Å²) in [6.07, 6.45) is 1.68. The summed E-state index contributed by atoms with van der Waals surface area (Å²) in [7, 11) is 1.73. The number of aromatic nitrogens is 3. The van der Waals surface area contributed by atoms with Crippen molar-refractivity contribution in [2.75, 3.05) is 0 Å². The van der Waals surface area contributed by atoms with Gasteiger partial charge in [-0.15, -0.1) is 0 Å². The lowest BCUT2D eigenvalue weighted by molar-refractivity contribution is 0.0943. The molecule has 3 aromatic heterocycles. The smallest absolute Gasteiger partial charge is 0.268 e. The highest BCUT2D eigenvalue weighted by Gasteiger charge is 2.18. The number of hydrogen-bond donors (Lipinski definition) is 1. The van der Waals surface area contributed by atoms with E-state index in [0.29, 0.717) is 33.9 Å². The molecule has 0 aliphatic heterocycles. The molecule has 0 saturated heterocycles. The molecule has 0 bridgehead atoms. The second kappa shape index (κ2) is 6.55. The zero-order chi connectivity index (χ0) is 19.1. The van der Waals surface area contributed by atoms with Crippen molar-refractivity contribution in [1.82, 2.24) is 19.3 Å². The summed E-state index contributed by atoms with van der Waals surface area (Å²) in [5, 5.41) is 3.85. The molecule has 0 atom stereocenters. The predicted octanol–water partition coefficient (Wildman–Crippen LogP) is 3.08. The first-order valence-electron chi connectivity index (χ1n) is 8.46. The second-order valence-electron chi connectivity index (χ2n) is 6.40. The summed E-state index contributed by atoms with van der Waals surface area (Å²) in [4.78, 5) is 30.1. The van der Waals surface area contributed by atoms with Crippen LogP contribution in [0.2, 0.25) is 5.02 Å². The molecule has 1 N–H and O–H groups in total. The molecule has 1 amide bonds. The summed E-state index contributed by atoms with van der Waals surface area (Å²) in [6, 6.07) is 12.6. The maximum atomic E-state index is 12.8. The van der Waals surface area contributed by atoms with Gasteiger partial charge in [-0.1, -0.05) is 35.9 Å². The van der Waals surface area contributed by atoms with Gasteiger partial charge in [-0.05, 0) is 36.2 Å². The molecule has 6 nitrogen and oxygen atoms in total. The fourth-order valence-electron chi connectivity index (χ4n) is 3.16. The fourth-order valence-corrected chi connectivity index (χ4v) is 3.36. The maximum Gasteiger partial charge on any atom is 0.268 e. The summed E-state index contributed by atoms with van der Waals surface area (Å²) in [5.74, 6) is -0.291. The quantitative estimate of drug-likeness (QED) is 0.594. The Kier molecular flexibility index (Phi) is 4.20. The molecule has 0 fully saturated rings. The van der Waals surface area contributed by atoms with E-state index in [-0.39, 0.29) is 11.5 Å². The molecular formula is C20H17ClN4O2. The lowest BCUT2D eigenvalue weighted by atomic mass is 10.2. The van der Waals surface area contributed by atoms with Gasteiger partial charge < -0.3 is 9.88 Å². The minimum Gasteiger partial charge on any atom is -0.347 e. The van der Waals surface area contributed by atoms with E-state index in [1.54, 1.807) is 36.0 Å². The van der Waals surface area contributed by atoms with Crippen LogP contribution in [0.15, 0.2) is 53.5 Å². The van der Waals surface area contributed by atoms with Gasteiger partial charge >= 0.3 is 0 Å². The summed E-state index contributed by atoms with van der Waals surface area (Å²) in [5.41, 5.74) is 2.96. The number of pyridine rings is 1. The molecule has 0 radical (unpaired) electrons. The molecule has 7 heteroatoms. The highest BCUT2D eigenvalue weighted by molar-refractivity contribution is 6.31. The average Bonchev–Trinajstić information content (AvgIpc) is 2.99. The molecular weight excluding hydrogens is 364 g/mol. The van der Waals surface area contributed by atoms with Gasteiger partial charge in [0.05, 0.1) is 5.39 Å². The summed E-state index contributed by atoms with van der Waals surface area (Å²) < 4.78 is 3.15. The van der Waals surface area contributed by atoms with E-state index in [2.05, 4.69) is 10.3 Å². The number of nitrogens with one attached hydrogen (secondary N) is 1. The van der Waals surface area contributed by atoms with Crippen LogP contribution in [0.3, 0.4) is 0 Å². The lowest BCUT2D eigenvalue weighted by Crippen LogP contribution is -2.25. The van der Waals surface area contributed by atoms with Crippen molar-refractivity contribution >= 4 is 34.2 Å². The normalized spacial score (nSPS) is 11.2. The molecule has 1 aromatic carbocycles. The molecule has 3 heterocycles. The zero-order valence-electron chi connectivity index (χ0n) is 14.9. The van der Waals surface area contributed by atoms with Gasteiger partial charge in [0.1, 0.15) is 17.0 Å². The number of halogens is 1. The summed E-state index contributed by atoms with van der Waals surface area (Å²) >= 11 is 6.13. The molecule has 4 aromatic rings. The zero-order valence-corrected chi connectivity index (χ0v) is 15.6. The van der Waals surface area contributed by atoms with Crippen molar-refractivity contribution in [2.45, 2.75) is 13.5 Å². The molecule has 0 saturated carbocycles. The van der Waals surface area contributed by atoms with Crippen LogP contribution >= 0.6 is 11.6 Å². The van der Waals surface area contributed by atoms with Crippen LogP contribution in [0, 0.1) is 6.92 Å². The van der Waals surface area contributed by atoms with Crippen molar-refractivity contribution in [2.24, 2.45) is 7.05 Å². The van der Waals surface area contributed by atoms with Gasteiger partial charge in [0.25, 0.3) is 11.5 Å². The molecule has 0 aliphatic rings. The Labute approximate surface area is 160 Å². The first-order valence-corrected chi connectivity index (χ1v) is 8.84. The maximum absolute atomic E-state index is 12.8. The number of carbonyl (C=O) groups is 1. The summed E-state index contributed by atoms with van der Waals surface area (Å²) in [6.45, 7) is 2.20. The third kappa shape index (κ3) is 2.88. The van der Waals surface area contributed by atoms with Crippen LogP contribution < -0.4 is 10.9 Å². The third-order valence-electron chi connectivity index (χ3n) is 4.65. The van der Waals surface area contributed by atoms with Crippen molar-refractivity contribution in [3.05, 3.63) is 80.9 Å². The second-order valence-corrected chi connectivity index (χ2v) is 6.81. The molecule has 0 aliphatic carbocycles. The lowest BCUT2D eigenvalue weighted by Gasteiger charge is -2.08.